The lowest BCUT2D eigenvalue weighted by atomic mass is 10.0. The summed E-state index contributed by atoms with van der Waals surface area (Å²) in [6.45, 7) is 2.15. The van der Waals surface area contributed by atoms with Gasteiger partial charge < -0.3 is 10.5 Å². The predicted molar refractivity (Wildman–Crippen MR) is 80.3 cm³/mol. The molecule has 1 aromatic heterocycles. The second-order valence-corrected chi connectivity index (χ2v) is 5.93. The van der Waals surface area contributed by atoms with E-state index in [1.165, 1.54) is 12.8 Å². The average molecular weight is 361 g/mol. The van der Waals surface area contributed by atoms with Crippen molar-refractivity contribution in [1.29, 1.82) is 0 Å². The van der Waals surface area contributed by atoms with Gasteiger partial charge in [0.15, 0.2) is 5.82 Å². The summed E-state index contributed by atoms with van der Waals surface area (Å²) in [5, 5.41) is 0. The molecule has 1 aromatic rings. The molecule has 4 nitrogen and oxygen atoms in total. The Balaban J connectivity index is 2.44. The van der Waals surface area contributed by atoms with Crippen LogP contribution in [0.15, 0.2) is 0 Å². The van der Waals surface area contributed by atoms with E-state index in [0.717, 1.165) is 40.8 Å². The fraction of sp³-hybridized carbons (Fsp3) is 0.692. The number of rotatable bonds is 4. The third-order valence-corrected chi connectivity index (χ3v) is 4.82. The average Bonchev–Trinajstić information content (AvgIpc) is 2.85. The lowest BCUT2D eigenvalue weighted by molar-refractivity contribution is -0.0163. The first-order chi connectivity index (χ1) is 8.63. The minimum Gasteiger partial charge on any atom is -0.383 e. The van der Waals surface area contributed by atoms with E-state index in [1.807, 2.05) is 0 Å². The van der Waals surface area contributed by atoms with Crippen LogP contribution < -0.4 is 5.73 Å². The van der Waals surface area contributed by atoms with Gasteiger partial charge in [-0.3, -0.25) is 0 Å². The van der Waals surface area contributed by atoms with Crippen LogP contribution in [0.4, 0.5) is 5.82 Å². The zero-order valence-corrected chi connectivity index (χ0v) is 13.2. The second-order valence-electron chi connectivity index (χ2n) is 4.85. The molecule has 1 fully saturated rings. The van der Waals surface area contributed by atoms with E-state index in [-0.39, 0.29) is 5.60 Å². The minimum atomic E-state index is -0.305. The van der Waals surface area contributed by atoms with Gasteiger partial charge in [0.2, 0.25) is 0 Å². The highest BCUT2D eigenvalue weighted by atomic mass is 127. The Morgan fingerprint density at radius 2 is 2.00 bits per heavy atom. The second kappa shape index (κ2) is 5.69. The van der Waals surface area contributed by atoms with E-state index in [2.05, 4.69) is 34.5 Å². The Bertz CT molecular complexity index is 430. The summed E-state index contributed by atoms with van der Waals surface area (Å²) in [5.41, 5.74) is 6.77. The Kier molecular flexibility index (Phi) is 4.42. The Hall–Kier alpha value is -0.430. The highest BCUT2D eigenvalue weighted by Crippen LogP contribution is 2.40. The molecule has 0 aliphatic heterocycles. The van der Waals surface area contributed by atoms with Crippen LogP contribution in [0.2, 0.25) is 0 Å². The number of nitrogens with two attached hydrogens (primary N) is 1. The maximum atomic E-state index is 6.02. The molecule has 100 valence electrons. The van der Waals surface area contributed by atoms with Crippen molar-refractivity contribution in [3.05, 3.63) is 15.1 Å². The summed E-state index contributed by atoms with van der Waals surface area (Å²) in [6, 6.07) is 0. The van der Waals surface area contributed by atoms with Crippen molar-refractivity contribution >= 4 is 28.4 Å². The molecule has 1 aliphatic carbocycles. The zero-order chi connectivity index (χ0) is 13.2. The van der Waals surface area contributed by atoms with Crippen molar-refractivity contribution in [1.82, 2.24) is 9.97 Å². The minimum absolute atomic E-state index is 0.305. The fourth-order valence-corrected chi connectivity index (χ4v) is 3.10. The topological polar surface area (TPSA) is 61.0 Å². The maximum Gasteiger partial charge on any atom is 0.162 e. The normalized spacial score (nSPS) is 18.2. The van der Waals surface area contributed by atoms with E-state index < -0.39 is 0 Å². The molecular formula is C13H20IN3O. The van der Waals surface area contributed by atoms with Crippen molar-refractivity contribution in [2.75, 3.05) is 12.8 Å². The molecule has 1 saturated carbocycles. The molecule has 5 heteroatoms. The molecule has 2 N–H and O–H groups in total. The number of nitrogen functional groups attached to an aromatic ring is 1. The van der Waals surface area contributed by atoms with Gasteiger partial charge in [-0.2, -0.15) is 0 Å². The van der Waals surface area contributed by atoms with Crippen LogP contribution in [0.5, 0.6) is 0 Å². The lowest BCUT2D eigenvalue weighted by Gasteiger charge is -2.26. The molecule has 18 heavy (non-hydrogen) atoms. The smallest absolute Gasteiger partial charge is 0.162 e. The summed E-state index contributed by atoms with van der Waals surface area (Å²) in [4.78, 5) is 9.20. The molecule has 1 heterocycles. The molecular weight excluding hydrogens is 341 g/mol. The van der Waals surface area contributed by atoms with Crippen molar-refractivity contribution in [2.45, 2.75) is 51.0 Å². The predicted octanol–water partition coefficient (Wildman–Crippen LogP) is 3.03. The Morgan fingerprint density at radius 3 is 2.56 bits per heavy atom. The summed E-state index contributed by atoms with van der Waals surface area (Å²) >= 11 is 2.23. The van der Waals surface area contributed by atoms with Gasteiger partial charge in [0, 0.05) is 7.11 Å². The van der Waals surface area contributed by atoms with Crippen molar-refractivity contribution < 1.29 is 4.74 Å². The van der Waals surface area contributed by atoms with Crippen LogP contribution in [0.3, 0.4) is 0 Å². The molecule has 0 unspecified atom stereocenters. The SMILES string of the molecule is CCCc1nc(C2(OC)CCCC2)nc(N)c1I. The highest BCUT2D eigenvalue weighted by molar-refractivity contribution is 14.1. The van der Waals surface area contributed by atoms with E-state index in [4.69, 9.17) is 15.5 Å². The number of aryl methyl sites for hydroxylation is 1. The molecule has 2 rings (SSSR count). The molecule has 0 spiro atoms. The molecule has 0 saturated heterocycles. The Labute approximate surface area is 122 Å². The summed E-state index contributed by atoms with van der Waals surface area (Å²) in [5.74, 6) is 1.37. The van der Waals surface area contributed by atoms with Crippen LogP contribution in [0, 0.1) is 3.57 Å². The quantitative estimate of drug-likeness (QED) is 0.838. The van der Waals surface area contributed by atoms with Crippen LogP contribution in [-0.4, -0.2) is 17.1 Å². The standard InChI is InChI=1S/C13H20IN3O/c1-3-6-9-10(14)11(15)17-12(16-9)13(18-2)7-4-5-8-13/h3-8H2,1-2H3,(H2,15,16,17). The van der Waals surface area contributed by atoms with Gasteiger partial charge in [-0.05, 0) is 54.7 Å². The van der Waals surface area contributed by atoms with Gasteiger partial charge in [0.05, 0.1) is 9.26 Å². The molecule has 0 amide bonds. The van der Waals surface area contributed by atoms with Gasteiger partial charge in [-0.1, -0.05) is 13.3 Å². The largest absolute Gasteiger partial charge is 0.383 e. The van der Waals surface area contributed by atoms with Crippen molar-refractivity contribution in [3.63, 3.8) is 0 Å². The molecule has 0 bridgehead atoms. The molecule has 0 atom stereocenters. The van der Waals surface area contributed by atoms with Crippen LogP contribution in [-0.2, 0) is 16.8 Å². The third kappa shape index (κ3) is 2.47. The van der Waals surface area contributed by atoms with Crippen LogP contribution in [0.25, 0.3) is 0 Å². The van der Waals surface area contributed by atoms with Gasteiger partial charge >= 0.3 is 0 Å². The van der Waals surface area contributed by atoms with Gasteiger partial charge in [-0.25, -0.2) is 9.97 Å². The van der Waals surface area contributed by atoms with E-state index in [1.54, 1.807) is 7.11 Å². The fourth-order valence-electron chi connectivity index (χ4n) is 2.58. The van der Waals surface area contributed by atoms with E-state index >= 15 is 0 Å². The van der Waals surface area contributed by atoms with E-state index in [9.17, 15) is 0 Å². The van der Waals surface area contributed by atoms with Crippen molar-refractivity contribution in [2.24, 2.45) is 0 Å². The monoisotopic (exact) mass is 361 g/mol. The van der Waals surface area contributed by atoms with Crippen LogP contribution in [0.1, 0.15) is 50.5 Å². The van der Waals surface area contributed by atoms with Gasteiger partial charge in [0.25, 0.3) is 0 Å². The number of anilines is 1. The number of hydrogen-bond acceptors (Lipinski definition) is 4. The molecule has 1 aliphatic rings. The number of methoxy groups -OCH3 is 1. The lowest BCUT2D eigenvalue weighted by Crippen LogP contribution is -2.28. The summed E-state index contributed by atoms with van der Waals surface area (Å²) in [6.07, 6.45) is 6.34. The van der Waals surface area contributed by atoms with Crippen molar-refractivity contribution in [3.8, 4) is 0 Å². The first-order valence-electron chi connectivity index (χ1n) is 6.50. The number of nitrogens with zero attached hydrogens (tertiary/aromatic N) is 2. The summed E-state index contributed by atoms with van der Waals surface area (Å²) in [7, 11) is 1.75. The first-order valence-corrected chi connectivity index (χ1v) is 7.58. The van der Waals surface area contributed by atoms with Crippen LogP contribution >= 0.6 is 22.6 Å². The molecule has 0 radical (unpaired) electrons. The van der Waals surface area contributed by atoms with Gasteiger partial charge in [-0.15, -0.1) is 0 Å². The third-order valence-electron chi connectivity index (χ3n) is 3.64. The zero-order valence-electron chi connectivity index (χ0n) is 11.0. The first kappa shape index (κ1) is 14.0. The number of hydrogen-bond donors (Lipinski definition) is 1. The summed E-state index contributed by atoms with van der Waals surface area (Å²) < 4.78 is 6.72. The van der Waals surface area contributed by atoms with E-state index in [0.29, 0.717) is 5.82 Å². The maximum absolute atomic E-state index is 6.02. The van der Waals surface area contributed by atoms with Gasteiger partial charge in [0.1, 0.15) is 11.4 Å². The Morgan fingerprint density at radius 1 is 1.33 bits per heavy atom. The number of ether oxygens (including phenoxy) is 1. The number of halogens is 1. The highest BCUT2D eigenvalue weighted by Gasteiger charge is 2.39. The number of aromatic nitrogens is 2. The molecule has 0 aromatic carbocycles.